The van der Waals surface area contributed by atoms with Gasteiger partial charge >= 0.3 is 0 Å². The normalized spacial score (nSPS) is 10.2. The quantitative estimate of drug-likeness (QED) is 0.835. The van der Waals surface area contributed by atoms with Crippen molar-refractivity contribution in [3.05, 3.63) is 59.7 Å². The van der Waals surface area contributed by atoms with Crippen LogP contribution in [0.5, 0.6) is 0 Å². The fourth-order valence-electron chi connectivity index (χ4n) is 1.34. The first-order valence-electron chi connectivity index (χ1n) is 4.93. The molecule has 1 aromatic heterocycles. The molecule has 6 heteroatoms. The number of benzene rings is 1. The van der Waals surface area contributed by atoms with E-state index < -0.39 is 23.5 Å². The van der Waals surface area contributed by atoms with Crippen LogP contribution in [0.25, 0.3) is 0 Å². The number of hydrogen-bond donors (Lipinski definition) is 1. The van der Waals surface area contributed by atoms with Gasteiger partial charge in [-0.25, -0.2) is 13.8 Å². The zero-order chi connectivity index (χ0) is 13.1. The van der Waals surface area contributed by atoms with Crippen molar-refractivity contribution in [2.75, 3.05) is 5.32 Å². The first-order valence-corrected chi connectivity index (χ1v) is 4.93. The van der Waals surface area contributed by atoms with Gasteiger partial charge < -0.3 is 5.32 Å². The second-order valence-corrected chi connectivity index (χ2v) is 3.48. The summed E-state index contributed by atoms with van der Waals surface area (Å²) in [5, 5.41) is 2.28. The van der Waals surface area contributed by atoms with Crippen LogP contribution in [0.15, 0.2) is 36.5 Å². The van der Waals surface area contributed by atoms with Gasteiger partial charge in [-0.3, -0.25) is 4.79 Å². The molecule has 0 atom stereocenters. The Morgan fingerprint density at radius 2 is 1.72 bits per heavy atom. The van der Waals surface area contributed by atoms with E-state index in [-0.39, 0.29) is 11.3 Å². The molecule has 0 saturated carbocycles. The summed E-state index contributed by atoms with van der Waals surface area (Å²) in [5.74, 6) is -2.96. The third-order valence-electron chi connectivity index (χ3n) is 2.11. The fraction of sp³-hybridized carbons (Fsp3) is 0. The third-order valence-corrected chi connectivity index (χ3v) is 2.11. The maximum absolute atomic E-state index is 12.9. The van der Waals surface area contributed by atoms with Gasteiger partial charge in [0.1, 0.15) is 11.6 Å². The van der Waals surface area contributed by atoms with Crippen LogP contribution in [-0.2, 0) is 0 Å². The summed E-state index contributed by atoms with van der Waals surface area (Å²) < 4.78 is 38.3. The van der Waals surface area contributed by atoms with Gasteiger partial charge in [-0.1, -0.05) is 0 Å². The van der Waals surface area contributed by atoms with E-state index in [4.69, 9.17) is 0 Å². The Bertz CT molecular complexity index is 564. The Balaban J connectivity index is 2.18. The maximum atomic E-state index is 12.9. The van der Waals surface area contributed by atoms with E-state index >= 15 is 0 Å². The van der Waals surface area contributed by atoms with E-state index in [1.165, 1.54) is 6.07 Å². The number of nitrogens with one attached hydrogen (secondary N) is 1. The molecule has 0 aliphatic heterocycles. The van der Waals surface area contributed by atoms with Crippen LogP contribution in [0.4, 0.5) is 18.9 Å². The van der Waals surface area contributed by atoms with Crippen LogP contribution in [0.3, 0.4) is 0 Å². The minimum atomic E-state index is -0.803. The van der Waals surface area contributed by atoms with Gasteiger partial charge in [-0.05, 0) is 24.3 Å². The van der Waals surface area contributed by atoms with E-state index in [0.29, 0.717) is 6.07 Å². The summed E-state index contributed by atoms with van der Waals surface area (Å²) in [6.45, 7) is 0. The van der Waals surface area contributed by atoms with Crippen molar-refractivity contribution in [3.63, 3.8) is 0 Å². The second-order valence-electron chi connectivity index (χ2n) is 3.48. The van der Waals surface area contributed by atoms with Gasteiger partial charge in [0, 0.05) is 18.0 Å². The molecule has 0 spiro atoms. The summed E-state index contributed by atoms with van der Waals surface area (Å²) >= 11 is 0. The van der Waals surface area contributed by atoms with E-state index in [2.05, 4.69) is 10.3 Å². The number of pyridine rings is 1. The van der Waals surface area contributed by atoms with E-state index in [0.717, 1.165) is 24.4 Å². The Morgan fingerprint density at radius 3 is 2.28 bits per heavy atom. The van der Waals surface area contributed by atoms with Crippen molar-refractivity contribution in [2.45, 2.75) is 0 Å². The maximum Gasteiger partial charge on any atom is 0.257 e. The second kappa shape index (κ2) is 4.87. The number of hydrogen-bond acceptors (Lipinski definition) is 2. The SMILES string of the molecule is O=C(Nc1cc(F)cc(F)c1)c1ccc(F)nc1. The summed E-state index contributed by atoms with van der Waals surface area (Å²) in [6, 6.07) is 4.86. The van der Waals surface area contributed by atoms with Crippen molar-refractivity contribution in [1.82, 2.24) is 4.98 Å². The third kappa shape index (κ3) is 2.85. The Hall–Kier alpha value is -2.37. The minimum absolute atomic E-state index is 0.0261. The van der Waals surface area contributed by atoms with Crippen LogP contribution in [0.1, 0.15) is 10.4 Å². The zero-order valence-corrected chi connectivity index (χ0v) is 8.95. The number of anilines is 1. The van der Waals surface area contributed by atoms with E-state index in [9.17, 15) is 18.0 Å². The first-order chi connectivity index (χ1) is 8.54. The molecular weight excluding hydrogens is 245 g/mol. The van der Waals surface area contributed by atoms with E-state index in [1.54, 1.807) is 0 Å². The first kappa shape index (κ1) is 12.1. The molecule has 1 amide bonds. The molecule has 1 N–H and O–H groups in total. The molecule has 1 heterocycles. The monoisotopic (exact) mass is 252 g/mol. The lowest BCUT2D eigenvalue weighted by Crippen LogP contribution is -2.12. The number of rotatable bonds is 2. The standard InChI is InChI=1S/C12H7F3N2O/c13-8-3-9(14)5-10(4-8)17-12(18)7-1-2-11(15)16-6-7/h1-6H,(H,17,18). The van der Waals surface area contributed by atoms with Crippen LogP contribution in [-0.4, -0.2) is 10.9 Å². The average Bonchev–Trinajstić information content (AvgIpc) is 2.28. The predicted octanol–water partition coefficient (Wildman–Crippen LogP) is 2.75. The predicted molar refractivity (Wildman–Crippen MR) is 58.5 cm³/mol. The molecular formula is C12H7F3N2O. The molecule has 2 aromatic rings. The van der Waals surface area contributed by atoms with Gasteiger partial charge in [-0.2, -0.15) is 4.39 Å². The highest BCUT2D eigenvalue weighted by Crippen LogP contribution is 2.14. The smallest absolute Gasteiger partial charge is 0.257 e. The molecule has 2 rings (SSSR count). The van der Waals surface area contributed by atoms with Crippen molar-refractivity contribution >= 4 is 11.6 Å². The molecule has 3 nitrogen and oxygen atoms in total. The molecule has 92 valence electrons. The largest absolute Gasteiger partial charge is 0.322 e. The van der Waals surface area contributed by atoms with Gasteiger partial charge in [0.15, 0.2) is 0 Å². The lowest BCUT2D eigenvalue weighted by Gasteiger charge is -2.05. The zero-order valence-electron chi connectivity index (χ0n) is 8.95. The van der Waals surface area contributed by atoms with Gasteiger partial charge in [-0.15, -0.1) is 0 Å². The summed E-state index contributed by atoms with van der Waals surface area (Å²) in [4.78, 5) is 14.9. The highest BCUT2D eigenvalue weighted by atomic mass is 19.1. The van der Waals surface area contributed by atoms with Gasteiger partial charge in [0.05, 0.1) is 5.56 Å². The number of amides is 1. The molecule has 0 aliphatic carbocycles. The lowest BCUT2D eigenvalue weighted by molar-refractivity contribution is 0.102. The van der Waals surface area contributed by atoms with Crippen LogP contribution in [0, 0.1) is 17.6 Å². The molecule has 0 fully saturated rings. The average molecular weight is 252 g/mol. The topological polar surface area (TPSA) is 42.0 Å². The highest BCUT2D eigenvalue weighted by Gasteiger charge is 2.08. The van der Waals surface area contributed by atoms with Crippen molar-refractivity contribution in [2.24, 2.45) is 0 Å². The number of carbonyl (C=O) groups excluding carboxylic acids is 1. The van der Waals surface area contributed by atoms with Crippen molar-refractivity contribution in [3.8, 4) is 0 Å². The molecule has 18 heavy (non-hydrogen) atoms. The molecule has 1 aromatic carbocycles. The van der Waals surface area contributed by atoms with E-state index in [1.807, 2.05) is 0 Å². The summed E-state index contributed by atoms with van der Waals surface area (Å²) in [5.41, 5.74) is 0.0582. The van der Waals surface area contributed by atoms with Gasteiger partial charge in [0.2, 0.25) is 5.95 Å². The number of halogens is 3. The fourth-order valence-corrected chi connectivity index (χ4v) is 1.34. The minimum Gasteiger partial charge on any atom is -0.322 e. The Morgan fingerprint density at radius 1 is 1.06 bits per heavy atom. The van der Waals surface area contributed by atoms with Crippen molar-refractivity contribution < 1.29 is 18.0 Å². The number of nitrogens with zero attached hydrogens (tertiary/aromatic N) is 1. The lowest BCUT2D eigenvalue weighted by atomic mass is 10.2. The Kier molecular flexibility index (Phi) is 3.27. The molecule has 0 aliphatic rings. The molecule has 0 unspecified atom stereocenters. The number of aromatic nitrogens is 1. The molecule has 0 radical (unpaired) electrons. The summed E-state index contributed by atoms with van der Waals surface area (Å²) in [7, 11) is 0. The van der Waals surface area contributed by atoms with Crippen LogP contribution >= 0.6 is 0 Å². The van der Waals surface area contributed by atoms with Crippen molar-refractivity contribution in [1.29, 1.82) is 0 Å². The summed E-state index contributed by atoms with van der Waals surface area (Å²) in [6.07, 6.45) is 1.03. The van der Waals surface area contributed by atoms with Crippen LogP contribution in [0.2, 0.25) is 0 Å². The Labute approximate surface area is 100 Å². The van der Waals surface area contributed by atoms with Gasteiger partial charge in [0.25, 0.3) is 5.91 Å². The van der Waals surface area contributed by atoms with Crippen LogP contribution < -0.4 is 5.32 Å². The molecule has 0 bridgehead atoms. The molecule has 0 saturated heterocycles. The highest BCUT2D eigenvalue weighted by molar-refractivity contribution is 6.03. The number of carbonyl (C=O) groups is 1.